The SMILES string of the molecule is CCCC1C=CC=C(C)C=C1.N#Cc1ccccc1COC=O. The molecule has 2 rings (SSSR count). The molecule has 0 spiro atoms. The topological polar surface area (TPSA) is 50.1 Å². The molecule has 0 bridgehead atoms. The first-order valence-electron chi connectivity index (χ1n) is 7.77. The number of hydrogen-bond donors (Lipinski definition) is 0. The molecule has 0 aliphatic heterocycles. The number of nitrogens with zero attached hydrogens (tertiary/aromatic N) is 1. The minimum absolute atomic E-state index is 0.160. The van der Waals surface area contributed by atoms with Crippen molar-refractivity contribution in [2.45, 2.75) is 33.3 Å². The quantitative estimate of drug-likeness (QED) is 0.740. The Balaban J connectivity index is 0.000000231. The van der Waals surface area contributed by atoms with Crippen LogP contribution in [-0.4, -0.2) is 6.47 Å². The van der Waals surface area contributed by atoms with Crippen LogP contribution >= 0.6 is 0 Å². The molecule has 1 aliphatic carbocycles. The first-order chi connectivity index (χ1) is 11.2. The van der Waals surface area contributed by atoms with Gasteiger partial charge in [-0.2, -0.15) is 5.26 Å². The third-order valence-electron chi connectivity index (χ3n) is 3.39. The second-order valence-corrected chi connectivity index (χ2v) is 5.28. The predicted octanol–water partition coefficient (Wildman–Crippen LogP) is 4.71. The number of carbonyl (C=O) groups excluding carboxylic acids is 1. The van der Waals surface area contributed by atoms with Crippen LogP contribution in [0.25, 0.3) is 0 Å². The summed E-state index contributed by atoms with van der Waals surface area (Å²) in [5.41, 5.74) is 2.62. The Hall–Kier alpha value is -2.60. The van der Waals surface area contributed by atoms with Gasteiger partial charge in [0, 0.05) is 5.56 Å². The van der Waals surface area contributed by atoms with Crippen molar-refractivity contribution in [3.63, 3.8) is 0 Å². The third-order valence-corrected chi connectivity index (χ3v) is 3.39. The second kappa shape index (κ2) is 11.0. The lowest BCUT2D eigenvalue weighted by molar-refractivity contribution is -0.129. The molecule has 0 saturated heterocycles. The number of benzene rings is 1. The average molecular weight is 309 g/mol. The van der Waals surface area contributed by atoms with Crippen LogP contribution in [0.15, 0.2) is 60.2 Å². The maximum absolute atomic E-state index is 9.87. The zero-order chi connectivity index (χ0) is 16.9. The van der Waals surface area contributed by atoms with E-state index in [1.165, 1.54) is 18.4 Å². The molecule has 1 aliphatic rings. The van der Waals surface area contributed by atoms with E-state index < -0.39 is 0 Å². The summed E-state index contributed by atoms with van der Waals surface area (Å²) >= 11 is 0. The first-order valence-corrected chi connectivity index (χ1v) is 7.77. The molecule has 3 nitrogen and oxygen atoms in total. The van der Waals surface area contributed by atoms with E-state index in [9.17, 15) is 4.79 Å². The van der Waals surface area contributed by atoms with Crippen LogP contribution in [0, 0.1) is 17.2 Å². The maximum Gasteiger partial charge on any atom is 0.293 e. The molecule has 0 radical (unpaired) electrons. The molecule has 1 aromatic carbocycles. The van der Waals surface area contributed by atoms with Gasteiger partial charge in [-0.3, -0.25) is 4.79 Å². The molecule has 23 heavy (non-hydrogen) atoms. The van der Waals surface area contributed by atoms with Crippen LogP contribution in [0.1, 0.15) is 37.8 Å². The van der Waals surface area contributed by atoms with Crippen LogP contribution < -0.4 is 0 Å². The second-order valence-electron chi connectivity index (χ2n) is 5.28. The van der Waals surface area contributed by atoms with Crippen LogP contribution in [-0.2, 0) is 16.1 Å². The van der Waals surface area contributed by atoms with Gasteiger partial charge in [0.05, 0.1) is 11.6 Å². The van der Waals surface area contributed by atoms with E-state index in [0.29, 0.717) is 18.0 Å². The lowest BCUT2D eigenvalue weighted by Gasteiger charge is -2.02. The van der Waals surface area contributed by atoms with Gasteiger partial charge in [-0.25, -0.2) is 0 Å². The smallest absolute Gasteiger partial charge is 0.293 e. The number of nitriles is 1. The fraction of sp³-hybridized carbons (Fsp3) is 0.300. The number of ether oxygens (including phenoxy) is 1. The molecule has 0 aromatic heterocycles. The van der Waals surface area contributed by atoms with E-state index >= 15 is 0 Å². The number of rotatable bonds is 5. The van der Waals surface area contributed by atoms with E-state index in [1.54, 1.807) is 24.3 Å². The van der Waals surface area contributed by atoms with Crippen molar-refractivity contribution in [1.29, 1.82) is 5.26 Å². The summed E-state index contributed by atoms with van der Waals surface area (Å²) in [6, 6.07) is 9.01. The molecule has 1 aromatic rings. The summed E-state index contributed by atoms with van der Waals surface area (Å²) in [5.74, 6) is 0.661. The van der Waals surface area contributed by atoms with Crippen molar-refractivity contribution >= 4 is 6.47 Å². The fourth-order valence-corrected chi connectivity index (χ4v) is 2.15. The summed E-state index contributed by atoms with van der Waals surface area (Å²) in [7, 11) is 0. The van der Waals surface area contributed by atoms with Gasteiger partial charge in [0.1, 0.15) is 6.61 Å². The van der Waals surface area contributed by atoms with E-state index in [4.69, 9.17) is 5.26 Å². The van der Waals surface area contributed by atoms with Crippen molar-refractivity contribution in [2.75, 3.05) is 0 Å². The van der Waals surface area contributed by atoms with Gasteiger partial charge in [0.25, 0.3) is 6.47 Å². The van der Waals surface area contributed by atoms with Crippen molar-refractivity contribution in [2.24, 2.45) is 5.92 Å². The fourth-order valence-electron chi connectivity index (χ4n) is 2.15. The van der Waals surface area contributed by atoms with Crippen LogP contribution in [0.2, 0.25) is 0 Å². The van der Waals surface area contributed by atoms with Crippen molar-refractivity contribution in [3.05, 3.63) is 71.3 Å². The minimum Gasteiger partial charge on any atom is -0.463 e. The molecular formula is C20H23NO2. The van der Waals surface area contributed by atoms with E-state index in [1.807, 2.05) is 6.07 Å². The highest BCUT2D eigenvalue weighted by Gasteiger charge is 1.99. The molecule has 1 atom stereocenters. The van der Waals surface area contributed by atoms with Gasteiger partial charge >= 0.3 is 0 Å². The van der Waals surface area contributed by atoms with Crippen molar-refractivity contribution in [3.8, 4) is 6.07 Å². The first kappa shape index (κ1) is 18.4. The largest absolute Gasteiger partial charge is 0.463 e. The molecule has 0 saturated carbocycles. The van der Waals surface area contributed by atoms with E-state index in [-0.39, 0.29) is 6.61 Å². The van der Waals surface area contributed by atoms with Crippen LogP contribution in [0.5, 0.6) is 0 Å². The highest BCUT2D eigenvalue weighted by molar-refractivity contribution is 5.40. The zero-order valence-electron chi connectivity index (χ0n) is 13.7. The highest BCUT2D eigenvalue weighted by atomic mass is 16.5. The molecule has 3 heteroatoms. The molecule has 120 valence electrons. The average Bonchev–Trinajstić information content (AvgIpc) is 2.79. The van der Waals surface area contributed by atoms with E-state index in [0.717, 1.165) is 5.56 Å². The standard InChI is InChI=1S/C11H16.C9H7NO2/c1-3-5-11-7-4-6-10(2)8-9-11;10-5-8-3-1-2-4-9(8)6-12-7-11/h4,6-9,11H,3,5H2,1-2H3;1-4,7H,6H2. The van der Waals surface area contributed by atoms with Gasteiger partial charge in [0.2, 0.25) is 0 Å². The number of hydrogen-bond acceptors (Lipinski definition) is 3. The Bertz CT molecular complexity index is 621. The summed E-state index contributed by atoms with van der Waals surface area (Å²) in [6.07, 6.45) is 13.6. The van der Waals surface area contributed by atoms with Gasteiger partial charge in [0.15, 0.2) is 0 Å². The monoisotopic (exact) mass is 309 g/mol. The number of allylic oxidation sites excluding steroid dienone is 6. The Morgan fingerprint density at radius 3 is 2.78 bits per heavy atom. The molecule has 0 fully saturated rings. The molecular weight excluding hydrogens is 286 g/mol. The zero-order valence-corrected chi connectivity index (χ0v) is 13.7. The van der Waals surface area contributed by atoms with Crippen molar-refractivity contribution < 1.29 is 9.53 Å². The van der Waals surface area contributed by atoms with E-state index in [2.05, 4.69) is 49.0 Å². The lowest BCUT2D eigenvalue weighted by Crippen LogP contribution is -1.93. The summed E-state index contributed by atoms with van der Waals surface area (Å²) < 4.78 is 4.53. The summed E-state index contributed by atoms with van der Waals surface area (Å²) in [6.45, 7) is 4.89. The summed E-state index contributed by atoms with van der Waals surface area (Å²) in [4.78, 5) is 9.87. The molecule has 0 N–H and O–H groups in total. The van der Waals surface area contributed by atoms with Gasteiger partial charge in [-0.05, 0) is 25.3 Å². The van der Waals surface area contributed by atoms with Gasteiger partial charge < -0.3 is 4.74 Å². The van der Waals surface area contributed by atoms with Gasteiger partial charge in [-0.15, -0.1) is 0 Å². The predicted molar refractivity (Wildman–Crippen MR) is 92.4 cm³/mol. The molecule has 0 amide bonds. The Morgan fingerprint density at radius 1 is 1.30 bits per heavy atom. The Morgan fingerprint density at radius 2 is 2.09 bits per heavy atom. The maximum atomic E-state index is 9.87. The minimum atomic E-state index is 0.160. The normalized spacial score (nSPS) is 15.5. The van der Waals surface area contributed by atoms with Crippen LogP contribution in [0.3, 0.4) is 0 Å². The lowest BCUT2D eigenvalue weighted by atomic mass is 10.0. The third kappa shape index (κ3) is 7.28. The summed E-state index contributed by atoms with van der Waals surface area (Å²) in [5, 5.41) is 8.62. The van der Waals surface area contributed by atoms with Gasteiger partial charge in [-0.1, -0.05) is 67.5 Å². The highest BCUT2D eigenvalue weighted by Crippen LogP contribution is 2.14. The Labute approximate surface area is 138 Å². The van der Waals surface area contributed by atoms with Crippen LogP contribution in [0.4, 0.5) is 0 Å². The molecule has 0 heterocycles. The molecule has 1 unspecified atom stereocenters. The Kier molecular flexibility index (Phi) is 8.85. The number of carbonyl (C=O) groups is 1. The van der Waals surface area contributed by atoms with Crippen molar-refractivity contribution in [1.82, 2.24) is 0 Å².